The topological polar surface area (TPSA) is 108 Å². The molecule has 0 spiro atoms. The third kappa shape index (κ3) is 1.34. The molecule has 14 heavy (non-hydrogen) atoms. The average molecular weight is 205 g/mol. The van der Waals surface area contributed by atoms with Gasteiger partial charge in [0, 0.05) is 0 Å². The van der Waals surface area contributed by atoms with Gasteiger partial charge in [-0.15, -0.1) is 0 Å². The number of nitrogens with one attached hydrogen (secondary N) is 1. The Bertz CT molecular complexity index is 246. The van der Waals surface area contributed by atoms with E-state index in [-0.39, 0.29) is 0 Å². The van der Waals surface area contributed by atoms with Gasteiger partial charge in [0.15, 0.2) is 18.6 Å². The van der Waals surface area contributed by atoms with Crippen molar-refractivity contribution in [2.75, 3.05) is 6.61 Å². The van der Waals surface area contributed by atoms with E-state index in [1.165, 1.54) is 0 Å². The maximum absolute atomic E-state index is 10.8. The lowest BCUT2D eigenvalue weighted by molar-refractivity contribution is -0.258. The molecule has 2 heterocycles. The number of rotatable bonds is 1. The van der Waals surface area contributed by atoms with Crippen LogP contribution in [0.1, 0.15) is 0 Å². The third-order valence-electron chi connectivity index (χ3n) is 2.44. The Hall–Kier alpha value is -0.890. The van der Waals surface area contributed by atoms with E-state index in [0.717, 1.165) is 0 Å². The predicted molar refractivity (Wildman–Crippen MR) is 40.9 cm³/mol. The maximum atomic E-state index is 10.8. The Morgan fingerprint density at radius 2 is 2.14 bits per heavy atom. The molecule has 1 amide bonds. The molecule has 0 aromatic rings. The lowest BCUT2D eigenvalue weighted by Crippen LogP contribution is -2.56. The van der Waals surface area contributed by atoms with Gasteiger partial charge in [-0.05, 0) is 0 Å². The first-order valence-corrected chi connectivity index (χ1v) is 4.23. The van der Waals surface area contributed by atoms with Crippen molar-refractivity contribution in [3.8, 4) is 0 Å². The van der Waals surface area contributed by atoms with Gasteiger partial charge in [-0.3, -0.25) is 5.32 Å². The molecule has 4 N–H and O–H groups in total. The lowest BCUT2D eigenvalue weighted by atomic mass is 9.94. The number of carbonyl (C=O) groups is 1. The monoisotopic (exact) mass is 205 g/mol. The number of fused-ring (bicyclic) bond motifs is 1. The smallest absolute Gasteiger partial charge is 0.409 e. The summed E-state index contributed by atoms with van der Waals surface area (Å²) in [5.41, 5.74) is 0. The number of hydrogen-bond donors (Lipinski definition) is 4. The molecule has 2 rings (SSSR count). The van der Waals surface area contributed by atoms with Crippen molar-refractivity contribution in [2.24, 2.45) is 5.92 Å². The van der Waals surface area contributed by atoms with Crippen LogP contribution in [0.5, 0.6) is 0 Å². The van der Waals surface area contributed by atoms with Crippen LogP contribution >= 0.6 is 0 Å². The number of aliphatic hydroxyl groups excluding tert-OH is 3. The molecule has 0 unspecified atom stereocenters. The lowest BCUT2D eigenvalue weighted by Gasteiger charge is -2.36. The van der Waals surface area contributed by atoms with Crippen LogP contribution in [0.25, 0.3) is 0 Å². The summed E-state index contributed by atoms with van der Waals surface area (Å²) in [6, 6.07) is 0. The zero-order chi connectivity index (χ0) is 10.3. The van der Waals surface area contributed by atoms with Crippen molar-refractivity contribution >= 4 is 6.09 Å². The fourth-order valence-electron chi connectivity index (χ4n) is 1.64. The number of ether oxygens (including phenoxy) is 2. The van der Waals surface area contributed by atoms with Crippen LogP contribution in [0.4, 0.5) is 4.79 Å². The van der Waals surface area contributed by atoms with Gasteiger partial charge in [0.2, 0.25) is 0 Å². The fourth-order valence-corrected chi connectivity index (χ4v) is 1.64. The van der Waals surface area contributed by atoms with Gasteiger partial charge in [-0.1, -0.05) is 0 Å². The van der Waals surface area contributed by atoms with Crippen LogP contribution < -0.4 is 5.32 Å². The van der Waals surface area contributed by atoms with E-state index in [1.807, 2.05) is 0 Å². The van der Waals surface area contributed by atoms with Gasteiger partial charge in [0.1, 0.15) is 6.10 Å². The Balaban J connectivity index is 2.14. The van der Waals surface area contributed by atoms with Crippen molar-refractivity contribution < 1.29 is 29.6 Å². The summed E-state index contributed by atoms with van der Waals surface area (Å²) >= 11 is 0. The van der Waals surface area contributed by atoms with Crippen molar-refractivity contribution in [3.05, 3.63) is 0 Å². The van der Waals surface area contributed by atoms with E-state index in [1.54, 1.807) is 0 Å². The van der Waals surface area contributed by atoms with Crippen molar-refractivity contribution in [1.29, 1.82) is 0 Å². The quantitative estimate of drug-likeness (QED) is 0.385. The molecular formula is C7H11NO6. The summed E-state index contributed by atoms with van der Waals surface area (Å²) < 4.78 is 9.64. The SMILES string of the molecule is O=C1N[C@H]2O[C@H](O)[C@@H](CO)[C@H](O)[C@H]2O1. The van der Waals surface area contributed by atoms with Crippen molar-refractivity contribution in [1.82, 2.24) is 5.32 Å². The Labute approximate surface area is 79.2 Å². The number of aliphatic hydroxyl groups is 3. The summed E-state index contributed by atoms with van der Waals surface area (Å²) in [5.74, 6) is -0.857. The minimum absolute atomic E-state index is 0.441. The van der Waals surface area contributed by atoms with Gasteiger partial charge in [-0.25, -0.2) is 4.79 Å². The molecule has 2 aliphatic rings. The van der Waals surface area contributed by atoms with Gasteiger partial charge in [-0.2, -0.15) is 0 Å². The molecular weight excluding hydrogens is 194 g/mol. The molecule has 80 valence electrons. The van der Waals surface area contributed by atoms with Crippen LogP contribution in [0.15, 0.2) is 0 Å². The molecule has 0 aliphatic carbocycles. The standard InChI is InChI=1S/C7H11NO6/c9-1-2-3(10)4-5(14-6(2)11)8-7(12)13-4/h2-6,9-11H,1H2,(H,8,12)/t2-,3-,4+,5-,6-/m0/s1. The van der Waals surface area contributed by atoms with Crippen LogP contribution in [-0.2, 0) is 9.47 Å². The summed E-state index contributed by atoms with van der Waals surface area (Å²) in [4.78, 5) is 10.8. The second-order valence-electron chi connectivity index (χ2n) is 3.30. The summed E-state index contributed by atoms with van der Waals surface area (Å²) in [6.07, 6.45) is -4.87. The first kappa shape index (κ1) is 9.66. The number of amides is 1. The minimum Gasteiger partial charge on any atom is -0.439 e. The minimum atomic E-state index is -1.31. The Morgan fingerprint density at radius 3 is 2.79 bits per heavy atom. The van der Waals surface area contributed by atoms with E-state index in [9.17, 15) is 15.0 Å². The molecule has 7 nitrogen and oxygen atoms in total. The first-order valence-electron chi connectivity index (χ1n) is 4.23. The Morgan fingerprint density at radius 1 is 1.43 bits per heavy atom. The number of carbonyl (C=O) groups excluding carboxylic acids is 1. The molecule has 0 aromatic heterocycles. The molecule has 0 saturated carbocycles. The Kier molecular flexibility index (Phi) is 2.31. The van der Waals surface area contributed by atoms with Gasteiger partial charge in [0.05, 0.1) is 12.5 Å². The third-order valence-corrected chi connectivity index (χ3v) is 2.44. The van der Waals surface area contributed by atoms with E-state index < -0.39 is 43.3 Å². The fraction of sp³-hybridized carbons (Fsp3) is 0.857. The molecule has 7 heteroatoms. The van der Waals surface area contributed by atoms with Gasteiger partial charge >= 0.3 is 6.09 Å². The van der Waals surface area contributed by atoms with E-state index in [0.29, 0.717) is 0 Å². The molecule has 0 radical (unpaired) electrons. The van der Waals surface area contributed by atoms with Crippen LogP contribution in [0, 0.1) is 5.92 Å². The first-order chi connectivity index (χ1) is 6.63. The van der Waals surface area contributed by atoms with E-state index in [4.69, 9.17) is 14.6 Å². The molecule has 0 bridgehead atoms. The van der Waals surface area contributed by atoms with Crippen LogP contribution in [-0.4, -0.2) is 52.7 Å². The molecule has 0 aromatic carbocycles. The highest BCUT2D eigenvalue weighted by atomic mass is 16.7. The molecule has 2 saturated heterocycles. The van der Waals surface area contributed by atoms with Gasteiger partial charge in [0.25, 0.3) is 0 Å². The summed E-state index contributed by atoms with van der Waals surface area (Å²) in [5, 5.41) is 30.1. The molecule has 2 fully saturated rings. The van der Waals surface area contributed by atoms with E-state index in [2.05, 4.69) is 5.32 Å². The zero-order valence-electron chi connectivity index (χ0n) is 7.16. The van der Waals surface area contributed by atoms with Crippen LogP contribution in [0.3, 0.4) is 0 Å². The number of hydrogen-bond acceptors (Lipinski definition) is 6. The molecule has 5 atom stereocenters. The number of alkyl carbamates (subject to hydrolysis) is 1. The largest absolute Gasteiger partial charge is 0.439 e. The van der Waals surface area contributed by atoms with Crippen molar-refractivity contribution in [2.45, 2.75) is 24.7 Å². The molecule has 2 aliphatic heterocycles. The van der Waals surface area contributed by atoms with E-state index >= 15 is 0 Å². The van der Waals surface area contributed by atoms with Gasteiger partial charge < -0.3 is 24.8 Å². The highest BCUT2D eigenvalue weighted by Gasteiger charge is 2.50. The second-order valence-corrected chi connectivity index (χ2v) is 3.30. The van der Waals surface area contributed by atoms with Crippen LogP contribution in [0.2, 0.25) is 0 Å². The predicted octanol–water partition coefficient (Wildman–Crippen LogP) is -2.26. The van der Waals surface area contributed by atoms with Crippen molar-refractivity contribution in [3.63, 3.8) is 0 Å². The average Bonchev–Trinajstić information content (AvgIpc) is 2.47. The highest BCUT2D eigenvalue weighted by Crippen LogP contribution is 2.28. The normalized spacial score (nSPS) is 46.8. The second kappa shape index (κ2) is 3.35. The highest BCUT2D eigenvalue weighted by molar-refractivity contribution is 5.70. The summed E-state index contributed by atoms with van der Waals surface area (Å²) in [7, 11) is 0. The zero-order valence-corrected chi connectivity index (χ0v) is 7.16. The summed E-state index contributed by atoms with van der Waals surface area (Å²) in [6.45, 7) is -0.441. The maximum Gasteiger partial charge on any atom is 0.409 e.